The fraction of sp³-hybridized carbons (Fsp3) is 0.588. The van der Waals surface area contributed by atoms with Crippen molar-refractivity contribution in [2.45, 2.75) is 44.3 Å². The van der Waals surface area contributed by atoms with Gasteiger partial charge in [-0.25, -0.2) is 14.3 Å². The number of hydrogen-bond acceptors (Lipinski definition) is 7. The maximum absolute atomic E-state index is 13.0. The van der Waals surface area contributed by atoms with E-state index in [0.29, 0.717) is 19.4 Å². The van der Waals surface area contributed by atoms with Gasteiger partial charge in [0.1, 0.15) is 6.04 Å². The molecular formula is C17H29N3O6S. The first-order valence-electron chi connectivity index (χ1n) is 8.82. The van der Waals surface area contributed by atoms with Gasteiger partial charge in [0.15, 0.2) is 5.44 Å². The Kier molecular flexibility index (Phi) is 10.4. The van der Waals surface area contributed by atoms with Crippen LogP contribution in [0.4, 0.5) is 0 Å². The van der Waals surface area contributed by atoms with Crippen molar-refractivity contribution >= 4 is 16.0 Å². The van der Waals surface area contributed by atoms with Gasteiger partial charge in [0.05, 0.1) is 6.61 Å². The molecule has 0 radical (unpaired) electrons. The summed E-state index contributed by atoms with van der Waals surface area (Å²) in [5.74, 6) is 2.35. The van der Waals surface area contributed by atoms with Gasteiger partial charge in [0.2, 0.25) is 10.0 Å². The van der Waals surface area contributed by atoms with Gasteiger partial charge in [0, 0.05) is 19.6 Å². The summed E-state index contributed by atoms with van der Waals surface area (Å²) in [6.07, 6.45) is 1.88. The largest absolute Gasteiger partial charge is 0.480 e. The van der Waals surface area contributed by atoms with Crippen molar-refractivity contribution in [3.63, 3.8) is 0 Å². The minimum Gasteiger partial charge on any atom is -0.480 e. The number of benzene rings is 1. The maximum Gasteiger partial charge on any atom is 0.323 e. The van der Waals surface area contributed by atoms with E-state index in [2.05, 4.69) is 11.2 Å². The summed E-state index contributed by atoms with van der Waals surface area (Å²) in [5.41, 5.74) is -0.151. The van der Waals surface area contributed by atoms with Crippen LogP contribution in [-0.2, 0) is 26.2 Å². The van der Waals surface area contributed by atoms with Crippen molar-refractivity contribution in [3.8, 4) is 0 Å². The van der Waals surface area contributed by atoms with E-state index in [4.69, 9.17) is 9.94 Å². The summed E-state index contributed by atoms with van der Waals surface area (Å²) < 4.78 is 32.9. The van der Waals surface area contributed by atoms with Gasteiger partial charge < -0.3 is 20.4 Å². The molecule has 2 unspecified atom stereocenters. The Hall–Kier alpha value is -1.56. The number of carbonyl (C=O) groups is 1. The standard InChI is InChI=1S/C17H26N2O5S.H3NO/c1-2-3-9-16(24-13-14-7-5-4-6-8-14)25(22,23)19-11-10-18-12-15(19)17(20)21;1-2/h4-8,15-16,18H,2-3,9-13H2,1H3,(H,20,21);2H,1H2. The molecule has 2 rings (SSSR count). The Bertz CT molecular complexity index is 656. The van der Waals surface area contributed by atoms with Crippen LogP contribution in [0.1, 0.15) is 31.7 Å². The smallest absolute Gasteiger partial charge is 0.323 e. The highest BCUT2D eigenvalue weighted by molar-refractivity contribution is 7.89. The molecule has 154 valence electrons. The third kappa shape index (κ3) is 6.83. The number of nitrogens with zero attached hydrogens (tertiary/aromatic N) is 1. The Balaban J connectivity index is 0.00000176. The van der Waals surface area contributed by atoms with E-state index in [1.54, 1.807) is 0 Å². The molecule has 5 N–H and O–H groups in total. The fourth-order valence-corrected chi connectivity index (χ4v) is 4.68. The molecule has 0 bridgehead atoms. The van der Waals surface area contributed by atoms with Crippen LogP contribution in [0.25, 0.3) is 0 Å². The van der Waals surface area contributed by atoms with E-state index >= 15 is 0 Å². The number of ether oxygens (including phenoxy) is 1. The lowest BCUT2D eigenvalue weighted by Gasteiger charge is -2.35. The fourth-order valence-electron chi connectivity index (χ4n) is 2.80. The van der Waals surface area contributed by atoms with E-state index in [-0.39, 0.29) is 19.7 Å². The van der Waals surface area contributed by atoms with Crippen molar-refractivity contribution in [1.29, 1.82) is 0 Å². The van der Waals surface area contributed by atoms with E-state index in [1.165, 1.54) is 0 Å². The van der Waals surface area contributed by atoms with Crippen LogP contribution in [0.2, 0.25) is 0 Å². The van der Waals surface area contributed by atoms with Gasteiger partial charge in [-0.2, -0.15) is 4.31 Å². The zero-order valence-corrected chi connectivity index (χ0v) is 16.3. The van der Waals surface area contributed by atoms with Crippen LogP contribution in [0.15, 0.2) is 30.3 Å². The van der Waals surface area contributed by atoms with Gasteiger partial charge in [-0.1, -0.05) is 50.1 Å². The Morgan fingerprint density at radius 1 is 1.37 bits per heavy atom. The van der Waals surface area contributed by atoms with E-state index in [1.807, 2.05) is 37.3 Å². The normalized spacial score (nSPS) is 19.0. The summed E-state index contributed by atoms with van der Waals surface area (Å²) in [6.45, 7) is 2.83. The Labute approximate surface area is 160 Å². The first-order chi connectivity index (χ1) is 13.0. The molecule has 10 heteroatoms. The molecule has 2 atom stereocenters. The summed E-state index contributed by atoms with van der Waals surface area (Å²) in [5, 5.41) is 18.8. The van der Waals surface area contributed by atoms with Gasteiger partial charge in [0.25, 0.3) is 0 Å². The molecule has 1 aliphatic heterocycles. The van der Waals surface area contributed by atoms with Gasteiger partial charge in [-0.05, 0) is 12.0 Å². The average Bonchev–Trinajstić information content (AvgIpc) is 2.70. The third-order valence-corrected chi connectivity index (χ3v) is 6.34. The molecule has 1 aromatic carbocycles. The molecule has 0 saturated carbocycles. The predicted molar refractivity (Wildman–Crippen MR) is 100 cm³/mol. The number of carboxylic acid groups (broad SMARTS) is 1. The first kappa shape index (κ1) is 23.5. The number of nitrogens with one attached hydrogen (secondary N) is 1. The number of nitrogens with two attached hydrogens (primary N) is 1. The number of carboxylic acids is 1. The summed E-state index contributed by atoms with van der Waals surface area (Å²) in [4.78, 5) is 11.4. The number of aliphatic carboxylic acids is 1. The zero-order valence-electron chi connectivity index (χ0n) is 15.5. The molecule has 27 heavy (non-hydrogen) atoms. The highest BCUT2D eigenvalue weighted by Crippen LogP contribution is 2.21. The highest BCUT2D eigenvalue weighted by Gasteiger charge is 2.41. The van der Waals surface area contributed by atoms with E-state index in [0.717, 1.165) is 16.3 Å². The van der Waals surface area contributed by atoms with Crippen LogP contribution in [0.5, 0.6) is 0 Å². The zero-order chi connectivity index (χ0) is 20.3. The Morgan fingerprint density at radius 2 is 2.04 bits per heavy atom. The molecule has 1 aromatic rings. The van der Waals surface area contributed by atoms with Crippen LogP contribution in [-0.4, -0.2) is 60.1 Å². The maximum atomic E-state index is 13.0. The van der Waals surface area contributed by atoms with Crippen LogP contribution in [0.3, 0.4) is 0 Å². The SMILES string of the molecule is CCCCC(OCc1ccccc1)S(=O)(=O)N1CCNCC1C(=O)O.NO. The molecule has 1 aliphatic rings. The molecule has 1 saturated heterocycles. The van der Waals surface area contributed by atoms with E-state index in [9.17, 15) is 18.3 Å². The minimum absolute atomic E-state index is 0.105. The lowest BCUT2D eigenvalue weighted by Crippen LogP contribution is -2.58. The Morgan fingerprint density at radius 3 is 2.63 bits per heavy atom. The van der Waals surface area contributed by atoms with Crippen molar-refractivity contribution in [3.05, 3.63) is 35.9 Å². The second-order valence-corrected chi connectivity index (χ2v) is 8.11. The quantitative estimate of drug-likeness (QED) is 0.442. The van der Waals surface area contributed by atoms with Gasteiger partial charge in [-0.15, -0.1) is 0 Å². The lowest BCUT2D eigenvalue weighted by atomic mass is 10.2. The van der Waals surface area contributed by atoms with Crippen molar-refractivity contribution in [1.82, 2.24) is 9.62 Å². The average molecular weight is 404 g/mol. The monoisotopic (exact) mass is 403 g/mol. The summed E-state index contributed by atoms with van der Waals surface area (Å²) in [6, 6.07) is 8.26. The predicted octanol–water partition coefficient (Wildman–Crippen LogP) is 0.742. The van der Waals surface area contributed by atoms with Crippen molar-refractivity contribution in [2.75, 3.05) is 19.6 Å². The van der Waals surface area contributed by atoms with Crippen molar-refractivity contribution < 1.29 is 28.3 Å². The molecular weight excluding hydrogens is 374 g/mol. The molecule has 1 heterocycles. The molecule has 0 aromatic heterocycles. The summed E-state index contributed by atoms with van der Waals surface area (Å²) >= 11 is 0. The summed E-state index contributed by atoms with van der Waals surface area (Å²) in [7, 11) is -3.87. The number of unbranched alkanes of at least 4 members (excludes halogenated alkanes) is 1. The number of rotatable bonds is 9. The molecule has 0 aliphatic carbocycles. The minimum atomic E-state index is -3.87. The second kappa shape index (κ2) is 12.0. The number of hydrogen-bond donors (Lipinski definition) is 4. The van der Waals surface area contributed by atoms with Crippen LogP contribution >= 0.6 is 0 Å². The van der Waals surface area contributed by atoms with Gasteiger partial charge in [-0.3, -0.25) is 4.79 Å². The lowest BCUT2D eigenvalue weighted by molar-refractivity contribution is -0.141. The molecule has 0 amide bonds. The topological polar surface area (TPSA) is 142 Å². The number of sulfonamides is 1. The third-order valence-electron chi connectivity index (χ3n) is 4.21. The second-order valence-electron chi connectivity index (χ2n) is 6.08. The van der Waals surface area contributed by atoms with E-state index < -0.39 is 27.5 Å². The molecule has 9 nitrogen and oxygen atoms in total. The molecule has 1 fully saturated rings. The first-order valence-corrected chi connectivity index (χ1v) is 10.3. The van der Waals surface area contributed by atoms with Crippen LogP contribution in [0, 0.1) is 0 Å². The van der Waals surface area contributed by atoms with Crippen LogP contribution < -0.4 is 11.2 Å². The van der Waals surface area contributed by atoms with Gasteiger partial charge >= 0.3 is 5.97 Å². The molecule has 0 spiro atoms. The highest BCUT2D eigenvalue weighted by atomic mass is 32.2. The number of piperazine rings is 1. The van der Waals surface area contributed by atoms with Crippen molar-refractivity contribution in [2.24, 2.45) is 5.90 Å².